The molecule has 64 valence electrons. The minimum absolute atomic E-state index is 0.112. The first-order valence-corrected chi connectivity index (χ1v) is 4.16. The van der Waals surface area contributed by atoms with E-state index in [0.29, 0.717) is 19.5 Å². The Morgan fingerprint density at radius 1 is 1.64 bits per heavy atom. The normalized spacial score (nSPS) is 18.2. The minimum atomic E-state index is -0.763. The van der Waals surface area contributed by atoms with Gasteiger partial charge in [0.15, 0.2) is 0 Å². The Morgan fingerprint density at radius 2 is 2.27 bits per heavy atom. The maximum atomic E-state index is 12.3. The molecule has 0 atom stereocenters. The summed E-state index contributed by atoms with van der Waals surface area (Å²) in [5.74, 6) is 0.112. The van der Waals surface area contributed by atoms with E-state index in [1.807, 2.05) is 6.92 Å². The van der Waals surface area contributed by atoms with Crippen LogP contribution in [0.5, 0.6) is 0 Å². The lowest BCUT2D eigenvalue weighted by molar-refractivity contribution is -0.138. The summed E-state index contributed by atoms with van der Waals surface area (Å²) in [6, 6.07) is 0. The third-order valence-electron chi connectivity index (χ3n) is 1.93. The van der Waals surface area contributed by atoms with Gasteiger partial charge in [-0.15, -0.1) is 0 Å². The van der Waals surface area contributed by atoms with Gasteiger partial charge in [0.2, 0.25) is 5.91 Å². The SMILES string of the molecule is CCCCC(=O)N1CC(F)C1. The van der Waals surface area contributed by atoms with E-state index in [-0.39, 0.29) is 5.91 Å². The van der Waals surface area contributed by atoms with Gasteiger partial charge in [0.25, 0.3) is 0 Å². The molecular formula is C8H14FNO. The summed E-state index contributed by atoms with van der Waals surface area (Å²) in [6.45, 7) is 2.69. The van der Waals surface area contributed by atoms with Crippen molar-refractivity contribution < 1.29 is 9.18 Å². The molecular weight excluding hydrogens is 145 g/mol. The number of hydrogen-bond donors (Lipinski definition) is 0. The van der Waals surface area contributed by atoms with Crippen molar-refractivity contribution in [2.75, 3.05) is 13.1 Å². The first-order chi connectivity index (χ1) is 5.24. The number of hydrogen-bond acceptors (Lipinski definition) is 1. The average molecular weight is 159 g/mol. The Kier molecular flexibility index (Phi) is 2.85. The first-order valence-electron chi connectivity index (χ1n) is 4.16. The van der Waals surface area contributed by atoms with E-state index in [0.717, 1.165) is 12.8 Å². The van der Waals surface area contributed by atoms with Crippen LogP contribution in [-0.2, 0) is 4.79 Å². The molecule has 1 aliphatic rings. The van der Waals surface area contributed by atoms with Gasteiger partial charge in [0, 0.05) is 6.42 Å². The van der Waals surface area contributed by atoms with Gasteiger partial charge in [0.1, 0.15) is 6.17 Å². The molecule has 2 nitrogen and oxygen atoms in total. The zero-order valence-corrected chi connectivity index (χ0v) is 6.85. The molecule has 0 aliphatic carbocycles. The Morgan fingerprint density at radius 3 is 2.73 bits per heavy atom. The van der Waals surface area contributed by atoms with Gasteiger partial charge in [-0.3, -0.25) is 4.79 Å². The van der Waals surface area contributed by atoms with E-state index in [1.165, 1.54) is 0 Å². The summed E-state index contributed by atoms with van der Waals surface area (Å²) in [7, 11) is 0. The van der Waals surface area contributed by atoms with Crippen LogP contribution in [0.25, 0.3) is 0 Å². The second kappa shape index (κ2) is 3.69. The Hall–Kier alpha value is -0.600. The van der Waals surface area contributed by atoms with Gasteiger partial charge in [-0.1, -0.05) is 13.3 Å². The number of carbonyl (C=O) groups is 1. The molecule has 3 heteroatoms. The molecule has 1 saturated heterocycles. The number of likely N-dealkylation sites (tertiary alicyclic amines) is 1. The van der Waals surface area contributed by atoms with E-state index < -0.39 is 6.17 Å². The van der Waals surface area contributed by atoms with Crippen LogP contribution < -0.4 is 0 Å². The molecule has 1 fully saturated rings. The highest BCUT2D eigenvalue weighted by Gasteiger charge is 2.29. The minimum Gasteiger partial charge on any atom is -0.337 e. The molecule has 11 heavy (non-hydrogen) atoms. The average Bonchev–Trinajstić information content (AvgIpc) is 1.94. The van der Waals surface area contributed by atoms with Crippen LogP contribution in [0.4, 0.5) is 4.39 Å². The van der Waals surface area contributed by atoms with Crippen LogP contribution in [0.15, 0.2) is 0 Å². The standard InChI is InChI=1S/C8H14FNO/c1-2-3-4-8(11)10-5-7(9)6-10/h7H,2-6H2,1H3. The van der Waals surface area contributed by atoms with E-state index >= 15 is 0 Å². The van der Waals surface area contributed by atoms with Crippen LogP contribution in [0.3, 0.4) is 0 Å². The first kappa shape index (κ1) is 8.50. The lowest BCUT2D eigenvalue weighted by atomic mass is 10.1. The number of alkyl halides is 1. The molecule has 0 aromatic carbocycles. The maximum Gasteiger partial charge on any atom is 0.222 e. The van der Waals surface area contributed by atoms with Crippen molar-refractivity contribution in [2.45, 2.75) is 32.4 Å². The van der Waals surface area contributed by atoms with Gasteiger partial charge in [0.05, 0.1) is 13.1 Å². The third-order valence-corrected chi connectivity index (χ3v) is 1.93. The molecule has 1 amide bonds. The molecule has 1 aliphatic heterocycles. The molecule has 0 aromatic rings. The zero-order chi connectivity index (χ0) is 8.27. The molecule has 0 saturated carbocycles. The fourth-order valence-electron chi connectivity index (χ4n) is 1.11. The van der Waals surface area contributed by atoms with Crippen molar-refractivity contribution in [1.29, 1.82) is 0 Å². The molecule has 1 heterocycles. The highest BCUT2D eigenvalue weighted by Crippen LogP contribution is 2.13. The van der Waals surface area contributed by atoms with E-state index in [9.17, 15) is 9.18 Å². The second-order valence-electron chi connectivity index (χ2n) is 3.00. The maximum absolute atomic E-state index is 12.3. The van der Waals surface area contributed by atoms with Gasteiger partial charge in [-0.25, -0.2) is 4.39 Å². The molecule has 0 N–H and O–H groups in total. The molecule has 0 unspecified atom stereocenters. The Balaban J connectivity index is 2.11. The van der Waals surface area contributed by atoms with Crippen LogP contribution in [-0.4, -0.2) is 30.1 Å². The molecule has 0 radical (unpaired) electrons. The molecule has 1 rings (SSSR count). The number of halogens is 1. The number of unbranched alkanes of at least 4 members (excludes halogenated alkanes) is 1. The predicted molar refractivity (Wildman–Crippen MR) is 41.0 cm³/mol. The van der Waals surface area contributed by atoms with E-state index in [1.54, 1.807) is 4.90 Å². The monoisotopic (exact) mass is 159 g/mol. The Labute approximate surface area is 66.4 Å². The van der Waals surface area contributed by atoms with E-state index in [4.69, 9.17) is 0 Å². The van der Waals surface area contributed by atoms with Crippen molar-refractivity contribution in [1.82, 2.24) is 4.90 Å². The lowest BCUT2D eigenvalue weighted by Gasteiger charge is -2.34. The van der Waals surface area contributed by atoms with Crippen LogP contribution >= 0.6 is 0 Å². The van der Waals surface area contributed by atoms with Crippen molar-refractivity contribution in [3.05, 3.63) is 0 Å². The number of rotatable bonds is 3. The van der Waals surface area contributed by atoms with Gasteiger partial charge < -0.3 is 4.90 Å². The second-order valence-corrected chi connectivity index (χ2v) is 3.00. The molecule has 0 bridgehead atoms. The highest BCUT2D eigenvalue weighted by atomic mass is 19.1. The van der Waals surface area contributed by atoms with E-state index in [2.05, 4.69) is 0 Å². The number of nitrogens with zero attached hydrogens (tertiary/aromatic N) is 1. The summed E-state index contributed by atoms with van der Waals surface area (Å²) in [5, 5.41) is 0. The van der Waals surface area contributed by atoms with Crippen molar-refractivity contribution in [2.24, 2.45) is 0 Å². The smallest absolute Gasteiger partial charge is 0.222 e. The summed E-state index contributed by atoms with van der Waals surface area (Å²) in [6.07, 6.45) is 1.77. The fraction of sp³-hybridized carbons (Fsp3) is 0.875. The van der Waals surface area contributed by atoms with Crippen LogP contribution in [0.2, 0.25) is 0 Å². The molecule has 0 aromatic heterocycles. The van der Waals surface area contributed by atoms with Crippen LogP contribution in [0, 0.1) is 0 Å². The van der Waals surface area contributed by atoms with Gasteiger partial charge in [-0.05, 0) is 6.42 Å². The summed E-state index contributed by atoms with van der Waals surface area (Å²) in [5.41, 5.74) is 0. The summed E-state index contributed by atoms with van der Waals surface area (Å²) < 4.78 is 12.3. The zero-order valence-electron chi connectivity index (χ0n) is 6.85. The van der Waals surface area contributed by atoms with Crippen molar-refractivity contribution in [3.8, 4) is 0 Å². The summed E-state index contributed by atoms with van der Waals surface area (Å²) >= 11 is 0. The number of carbonyl (C=O) groups excluding carboxylic acids is 1. The topological polar surface area (TPSA) is 20.3 Å². The Bertz CT molecular complexity index is 143. The summed E-state index contributed by atoms with van der Waals surface area (Å²) in [4.78, 5) is 12.7. The largest absolute Gasteiger partial charge is 0.337 e. The lowest BCUT2D eigenvalue weighted by Crippen LogP contribution is -2.51. The molecule has 0 spiro atoms. The quantitative estimate of drug-likeness (QED) is 0.608. The fourth-order valence-corrected chi connectivity index (χ4v) is 1.11. The predicted octanol–water partition coefficient (Wildman–Crippen LogP) is 1.36. The van der Waals surface area contributed by atoms with Crippen LogP contribution in [0.1, 0.15) is 26.2 Å². The van der Waals surface area contributed by atoms with Gasteiger partial charge >= 0.3 is 0 Å². The third kappa shape index (κ3) is 2.17. The van der Waals surface area contributed by atoms with Crippen molar-refractivity contribution >= 4 is 5.91 Å². The van der Waals surface area contributed by atoms with Gasteiger partial charge in [-0.2, -0.15) is 0 Å². The number of amides is 1. The highest BCUT2D eigenvalue weighted by molar-refractivity contribution is 5.77. The van der Waals surface area contributed by atoms with Crippen molar-refractivity contribution in [3.63, 3.8) is 0 Å².